The monoisotopic (exact) mass is 611 g/mol. The lowest BCUT2D eigenvalue weighted by Crippen LogP contribution is -2.34. The highest BCUT2D eigenvalue weighted by Gasteiger charge is 2.27. The summed E-state index contributed by atoms with van der Waals surface area (Å²) < 4.78 is 24.3. The van der Waals surface area contributed by atoms with Crippen molar-refractivity contribution in [3.05, 3.63) is 52.8 Å². The minimum absolute atomic E-state index is 0.0337. The number of carbonyl (C=O) groups is 2. The number of hydrogen-bond donors (Lipinski definition) is 1. The largest absolute Gasteiger partial charge is 0.463 e. The molecule has 1 amide bonds. The fourth-order valence-corrected chi connectivity index (χ4v) is 4.63. The third-order valence-electron chi connectivity index (χ3n) is 6.12. The van der Waals surface area contributed by atoms with E-state index in [-0.39, 0.29) is 40.7 Å². The van der Waals surface area contributed by atoms with Crippen molar-refractivity contribution in [2.45, 2.75) is 58.8 Å². The topological polar surface area (TPSA) is 156 Å². The maximum atomic E-state index is 13.5. The molecule has 0 fully saturated rings. The average molecular weight is 612 g/mol. The highest BCUT2D eigenvalue weighted by atomic mass is 28.3. The Morgan fingerprint density at radius 2 is 1.88 bits per heavy atom. The van der Waals surface area contributed by atoms with Gasteiger partial charge in [-0.1, -0.05) is 24.8 Å². The van der Waals surface area contributed by atoms with Crippen LogP contribution in [-0.2, 0) is 20.9 Å². The van der Waals surface area contributed by atoms with Crippen molar-refractivity contribution in [3.8, 4) is 5.82 Å². The zero-order valence-electron chi connectivity index (χ0n) is 25.6. The van der Waals surface area contributed by atoms with Gasteiger partial charge in [-0.2, -0.15) is 5.10 Å². The van der Waals surface area contributed by atoms with Crippen molar-refractivity contribution in [1.29, 1.82) is 0 Å². The first-order chi connectivity index (χ1) is 20.2. The lowest BCUT2D eigenvalue weighted by atomic mass is 10.2. The molecule has 0 spiro atoms. The number of amides is 1. The third kappa shape index (κ3) is 7.67. The first kappa shape index (κ1) is 31.4. The number of ether oxygens (including phenoxy) is 3. The number of carbonyl (C=O) groups excluding carboxylic acids is 2. The molecule has 14 nitrogen and oxygen atoms in total. The lowest BCUT2D eigenvalue weighted by molar-refractivity contribution is 0.0554. The second-order valence-corrected chi connectivity index (χ2v) is 17.7. The third-order valence-corrected chi connectivity index (χ3v) is 7.82. The lowest BCUT2D eigenvalue weighted by Gasteiger charge is -2.25. The summed E-state index contributed by atoms with van der Waals surface area (Å²) in [5, 5.41) is 11.4. The smallest absolute Gasteiger partial charge is 0.414 e. The molecule has 0 atom stereocenters. The van der Waals surface area contributed by atoms with Gasteiger partial charge in [0.15, 0.2) is 11.3 Å². The first-order valence-electron chi connectivity index (χ1n) is 13.6. The van der Waals surface area contributed by atoms with Crippen LogP contribution in [0.3, 0.4) is 0 Å². The van der Waals surface area contributed by atoms with Crippen LogP contribution in [0.2, 0.25) is 25.7 Å². The fraction of sp³-hybridized carbons (Fsp3) is 0.429. The summed E-state index contributed by atoms with van der Waals surface area (Å²) in [6.45, 7) is 13.0. The number of nitrogens with one attached hydrogen (secondary N) is 1. The number of anilines is 3. The quantitative estimate of drug-likeness (QED) is 0.149. The van der Waals surface area contributed by atoms with Gasteiger partial charge in [-0.25, -0.2) is 19.3 Å². The molecule has 0 unspecified atom stereocenters. The average Bonchev–Trinajstić information content (AvgIpc) is 3.57. The van der Waals surface area contributed by atoms with Crippen LogP contribution in [0.1, 0.15) is 31.3 Å². The molecule has 230 valence electrons. The Kier molecular flexibility index (Phi) is 9.06. The van der Waals surface area contributed by atoms with Gasteiger partial charge in [0.25, 0.3) is 11.3 Å². The van der Waals surface area contributed by atoms with Crippen LogP contribution in [0, 0.1) is 0 Å². The number of rotatable bonds is 10. The summed E-state index contributed by atoms with van der Waals surface area (Å²) in [4.78, 5) is 44.4. The number of nitrogens with zero attached hydrogens (tertiary/aromatic N) is 6. The van der Waals surface area contributed by atoms with Gasteiger partial charge in [0.1, 0.15) is 29.4 Å². The summed E-state index contributed by atoms with van der Waals surface area (Å²) in [6.07, 6.45) is 2.67. The Morgan fingerprint density at radius 1 is 1.14 bits per heavy atom. The molecule has 0 bridgehead atoms. The van der Waals surface area contributed by atoms with E-state index in [2.05, 4.69) is 40.2 Å². The van der Waals surface area contributed by atoms with E-state index in [1.807, 2.05) is 0 Å². The van der Waals surface area contributed by atoms with Crippen molar-refractivity contribution in [2.24, 2.45) is 0 Å². The molecule has 1 N–H and O–H groups in total. The molecule has 15 heteroatoms. The van der Waals surface area contributed by atoms with Crippen molar-refractivity contribution in [2.75, 3.05) is 31.0 Å². The van der Waals surface area contributed by atoms with Crippen molar-refractivity contribution in [3.63, 3.8) is 0 Å². The molecule has 4 aromatic heterocycles. The van der Waals surface area contributed by atoms with Gasteiger partial charge < -0.3 is 24.1 Å². The number of esters is 1. The SMILES string of the molecule is COC(=O)c1onc2c(N(C)C(=O)OC(C)(C)C)cc(Nc3cccn(-c4ccn(COCC[Si](C)(C)C)n4)c3=O)nc12. The van der Waals surface area contributed by atoms with E-state index in [0.29, 0.717) is 12.4 Å². The van der Waals surface area contributed by atoms with E-state index in [9.17, 15) is 14.4 Å². The minimum atomic E-state index is -1.21. The van der Waals surface area contributed by atoms with E-state index >= 15 is 0 Å². The summed E-state index contributed by atoms with van der Waals surface area (Å²) in [5.74, 6) is -0.520. The summed E-state index contributed by atoms with van der Waals surface area (Å²) in [7, 11) is 1.47. The van der Waals surface area contributed by atoms with Gasteiger partial charge in [0, 0.05) is 46.3 Å². The molecule has 4 heterocycles. The van der Waals surface area contributed by atoms with E-state index in [0.717, 1.165) is 6.04 Å². The second kappa shape index (κ2) is 12.4. The summed E-state index contributed by atoms with van der Waals surface area (Å²) in [5.41, 5.74) is -0.618. The van der Waals surface area contributed by atoms with Crippen LogP contribution in [-0.4, -0.2) is 71.0 Å². The predicted octanol–water partition coefficient (Wildman–Crippen LogP) is 4.78. The van der Waals surface area contributed by atoms with Gasteiger partial charge in [0.05, 0.1) is 12.8 Å². The zero-order valence-corrected chi connectivity index (χ0v) is 26.6. The highest BCUT2D eigenvalue weighted by molar-refractivity contribution is 6.76. The van der Waals surface area contributed by atoms with Crippen molar-refractivity contribution < 1.29 is 28.3 Å². The Morgan fingerprint density at radius 3 is 2.56 bits per heavy atom. The molecule has 0 aliphatic rings. The van der Waals surface area contributed by atoms with E-state index in [4.69, 9.17) is 18.7 Å². The minimum Gasteiger partial charge on any atom is -0.463 e. The van der Waals surface area contributed by atoms with Gasteiger partial charge in [-0.05, 0) is 38.9 Å². The normalized spacial score (nSPS) is 11.9. The van der Waals surface area contributed by atoms with E-state index in [1.54, 1.807) is 56.0 Å². The highest BCUT2D eigenvalue weighted by Crippen LogP contribution is 2.31. The zero-order chi connectivity index (χ0) is 31.5. The van der Waals surface area contributed by atoms with Gasteiger partial charge in [0.2, 0.25) is 0 Å². The molecule has 0 saturated carbocycles. The van der Waals surface area contributed by atoms with Crippen LogP contribution in [0.4, 0.5) is 22.0 Å². The van der Waals surface area contributed by atoms with Crippen LogP contribution in [0.25, 0.3) is 16.9 Å². The standard InChI is InChI=1S/C28H37N7O7Si/c1-28(2,3)41-27(38)33(4)19-16-20(30-23-22(19)32-42-24(23)26(37)39-5)29-18-10-9-12-35(25(18)36)21-11-13-34(31-21)17-40-14-15-43(6,7)8/h9-13,16H,14-15,17H2,1-8H3,(H,29,30). The molecule has 4 rings (SSSR count). The molecule has 0 aliphatic heterocycles. The Labute approximate surface area is 249 Å². The van der Waals surface area contributed by atoms with Gasteiger partial charge in [-0.3, -0.25) is 14.3 Å². The first-order valence-corrected chi connectivity index (χ1v) is 17.3. The maximum Gasteiger partial charge on any atom is 0.414 e. The van der Waals surface area contributed by atoms with Crippen molar-refractivity contribution >= 4 is 48.4 Å². The van der Waals surface area contributed by atoms with E-state index < -0.39 is 31.3 Å². The summed E-state index contributed by atoms with van der Waals surface area (Å²) >= 11 is 0. The number of hydrogen-bond acceptors (Lipinski definition) is 11. The Hall–Kier alpha value is -4.50. The number of methoxy groups -OCH3 is 1. The molecular formula is C28H37N7O7Si. The number of pyridine rings is 2. The van der Waals surface area contributed by atoms with Crippen LogP contribution >= 0.6 is 0 Å². The molecular weight excluding hydrogens is 574 g/mol. The Balaban J connectivity index is 1.65. The molecule has 4 aromatic rings. The van der Waals surface area contributed by atoms with Crippen molar-refractivity contribution in [1.82, 2.24) is 24.5 Å². The summed E-state index contributed by atoms with van der Waals surface area (Å²) in [6, 6.07) is 7.51. The van der Waals surface area contributed by atoms with E-state index in [1.165, 1.54) is 29.7 Å². The predicted molar refractivity (Wildman–Crippen MR) is 163 cm³/mol. The molecule has 0 radical (unpaired) electrons. The van der Waals surface area contributed by atoms with Crippen LogP contribution < -0.4 is 15.8 Å². The molecule has 0 aliphatic carbocycles. The molecule has 0 aromatic carbocycles. The number of fused-ring (bicyclic) bond motifs is 1. The Bertz CT molecular complexity index is 1680. The number of aromatic nitrogens is 5. The van der Waals surface area contributed by atoms with Gasteiger partial charge >= 0.3 is 12.1 Å². The van der Waals surface area contributed by atoms with Gasteiger partial charge in [-0.15, -0.1) is 0 Å². The van der Waals surface area contributed by atoms with Crippen LogP contribution in [0.15, 0.2) is 46.0 Å². The molecule has 43 heavy (non-hydrogen) atoms. The second-order valence-electron chi connectivity index (χ2n) is 12.0. The fourth-order valence-electron chi connectivity index (χ4n) is 3.88. The van der Waals surface area contributed by atoms with Crippen LogP contribution in [0.5, 0.6) is 0 Å². The maximum absolute atomic E-state index is 13.5. The molecule has 0 saturated heterocycles.